The van der Waals surface area contributed by atoms with Gasteiger partial charge in [-0.2, -0.15) is 0 Å². The molecule has 0 unspecified atom stereocenters. The highest BCUT2D eigenvalue weighted by molar-refractivity contribution is 7.99. The van der Waals surface area contributed by atoms with E-state index in [-0.39, 0.29) is 0 Å². The molecule has 2 heteroatoms. The van der Waals surface area contributed by atoms with Gasteiger partial charge in [0.1, 0.15) is 0 Å². The lowest BCUT2D eigenvalue weighted by molar-refractivity contribution is 1.000. The summed E-state index contributed by atoms with van der Waals surface area (Å²) >= 11 is 7.72. The van der Waals surface area contributed by atoms with E-state index in [1.54, 1.807) is 0 Å². The molecule has 0 radical (unpaired) electrons. The fourth-order valence-electron chi connectivity index (χ4n) is 1.03. The fraction of sp³-hybridized carbons (Fsp3) is 0.400. The van der Waals surface area contributed by atoms with Crippen LogP contribution in [0.5, 0.6) is 0 Å². The monoisotopic (exact) mass is 198 g/mol. The van der Waals surface area contributed by atoms with Gasteiger partial charge in [0, 0.05) is 15.7 Å². The first-order chi connectivity index (χ1) is 5.84. The Labute approximate surface area is 82.3 Å². The van der Waals surface area contributed by atoms with E-state index < -0.39 is 0 Å². The number of thioether (sulfide) groups is 1. The van der Waals surface area contributed by atoms with Crippen molar-refractivity contribution in [3.63, 3.8) is 0 Å². The molecule has 1 aromatic carbocycles. The molecule has 1 saturated carbocycles. The molecule has 1 fully saturated rings. The third-order valence-electron chi connectivity index (χ3n) is 2.00. The Balaban J connectivity index is 1.89. The molecule has 0 spiro atoms. The van der Waals surface area contributed by atoms with Gasteiger partial charge in [0.05, 0.1) is 0 Å². The van der Waals surface area contributed by atoms with Crippen molar-refractivity contribution in [2.45, 2.75) is 17.7 Å². The normalized spacial score (nSPS) is 16.4. The van der Waals surface area contributed by atoms with Crippen molar-refractivity contribution in [1.82, 2.24) is 0 Å². The Hall–Kier alpha value is -0.140. The van der Waals surface area contributed by atoms with Crippen LogP contribution in [0.3, 0.4) is 0 Å². The molecule has 1 aliphatic carbocycles. The Morgan fingerprint density at radius 1 is 1.25 bits per heavy atom. The first-order valence-electron chi connectivity index (χ1n) is 4.23. The molecule has 0 bridgehead atoms. The predicted octanol–water partition coefficient (Wildman–Crippen LogP) is 3.84. The van der Waals surface area contributed by atoms with E-state index in [1.165, 1.54) is 23.5 Å². The van der Waals surface area contributed by atoms with Crippen LogP contribution in [0.2, 0.25) is 5.02 Å². The molecule has 64 valence electrons. The average molecular weight is 199 g/mol. The van der Waals surface area contributed by atoms with Crippen molar-refractivity contribution in [1.29, 1.82) is 0 Å². The largest absolute Gasteiger partial charge is 0.126 e. The maximum atomic E-state index is 5.78. The van der Waals surface area contributed by atoms with Gasteiger partial charge in [0.15, 0.2) is 0 Å². The number of rotatable bonds is 3. The summed E-state index contributed by atoms with van der Waals surface area (Å²) in [6, 6.07) is 8.10. The average Bonchev–Trinajstić information content (AvgIpc) is 2.87. The van der Waals surface area contributed by atoms with Crippen molar-refractivity contribution in [2.75, 3.05) is 5.75 Å². The van der Waals surface area contributed by atoms with Crippen molar-refractivity contribution >= 4 is 23.4 Å². The van der Waals surface area contributed by atoms with E-state index in [0.717, 1.165) is 10.9 Å². The van der Waals surface area contributed by atoms with Crippen LogP contribution in [0.4, 0.5) is 0 Å². The second kappa shape index (κ2) is 3.71. The van der Waals surface area contributed by atoms with Gasteiger partial charge in [0.2, 0.25) is 0 Å². The molecule has 12 heavy (non-hydrogen) atoms. The van der Waals surface area contributed by atoms with E-state index in [4.69, 9.17) is 11.6 Å². The van der Waals surface area contributed by atoms with Gasteiger partial charge in [-0.05, 0) is 43.0 Å². The summed E-state index contributed by atoms with van der Waals surface area (Å²) in [5.74, 6) is 2.27. The van der Waals surface area contributed by atoms with Gasteiger partial charge in [-0.25, -0.2) is 0 Å². The van der Waals surface area contributed by atoms with Crippen LogP contribution in [0.15, 0.2) is 29.2 Å². The van der Waals surface area contributed by atoms with Gasteiger partial charge in [-0.1, -0.05) is 11.6 Å². The molecular weight excluding hydrogens is 188 g/mol. The molecule has 2 rings (SSSR count). The van der Waals surface area contributed by atoms with Crippen LogP contribution in [0, 0.1) is 5.92 Å². The van der Waals surface area contributed by atoms with Crippen molar-refractivity contribution in [2.24, 2.45) is 5.92 Å². The predicted molar refractivity (Wildman–Crippen MR) is 54.9 cm³/mol. The molecule has 0 saturated heterocycles. The van der Waals surface area contributed by atoms with E-state index in [0.29, 0.717) is 0 Å². The van der Waals surface area contributed by atoms with Gasteiger partial charge in [-0.15, -0.1) is 11.8 Å². The SMILES string of the molecule is Clc1ccc(SCC2CC2)cc1. The lowest BCUT2D eigenvalue weighted by Crippen LogP contribution is -1.79. The third kappa shape index (κ3) is 2.43. The minimum Gasteiger partial charge on any atom is -0.126 e. The lowest BCUT2D eigenvalue weighted by atomic mass is 10.4. The molecule has 0 N–H and O–H groups in total. The first-order valence-corrected chi connectivity index (χ1v) is 5.59. The molecule has 1 aliphatic rings. The Bertz CT molecular complexity index is 251. The summed E-state index contributed by atoms with van der Waals surface area (Å²) in [6.45, 7) is 0. The van der Waals surface area contributed by atoms with Gasteiger partial charge < -0.3 is 0 Å². The van der Waals surface area contributed by atoms with Crippen LogP contribution >= 0.6 is 23.4 Å². The second-order valence-corrected chi connectivity index (χ2v) is 4.74. The number of hydrogen-bond donors (Lipinski definition) is 0. The molecule has 0 heterocycles. The smallest absolute Gasteiger partial charge is 0.0406 e. The Morgan fingerprint density at radius 3 is 2.50 bits per heavy atom. The highest BCUT2D eigenvalue weighted by Crippen LogP contribution is 2.35. The zero-order valence-corrected chi connectivity index (χ0v) is 8.37. The van der Waals surface area contributed by atoms with E-state index in [1.807, 2.05) is 23.9 Å². The van der Waals surface area contributed by atoms with Gasteiger partial charge in [-0.3, -0.25) is 0 Å². The quantitative estimate of drug-likeness (QED) is 0.665. The Kier molecular flexibility index (Phi) is 2.62. The lowest BCUT2D eigenvalue weighted by Gasteiger charge is -1.98. The third-order valence-corrected chi connectivity index (χ3v) is 3.49. The molecule has 1 aromatic rings. The molecule has 0 aromatic heterocycles. The summed E-state index contributed by atoms with van der Waals surface area (Å²) in [4.78, 5) is 1.34. The topological polar surface area (TPSA) is 0 Å². The fourth-order valence-corrected chi connectivity index (χ4v) is 2.25. The highest BCUT2D eigenvalue weighted by Gasteiger charge is 2.20. The summed E-state index contributed by atoms with van der Waals surface area (Å²) in [6.07, 6.45) is 2.86. The highest BCUT2D eigenvalue weighted by atomic mass is 35.5. The molecular formula is C10H11ClS. The van der Waals surface area contributed by atoms with E-state index in [9.17, 15) is 0 Å². The van der Waals surface area contributed by atoms with E-state index in [2.05, 4.69) is 12.1 Å². The van der Waals surface area contributed by atoms with Crippen molar-refractivity contribution < 1.29 is 0 Å². The number of hydrogen-bond acceptors (Lipinski definition) is 1. The zero-order valence-electron chi connectivity index (χ0n) is 6.79. The first kappa shape index (κ1) is 8.46. The van der Waals surface area contributed by atoms with Crippen LogP contribution in [0.25, 0.3) is 0 Å². The minimum atomic E-state index is 0.825. The van der Waals surface area contributed by atoms with Crippen LogP contribution in [-0.4, -0.2) is 5.75 Å². The standard InChI is InChI=1S/C10H11ClS/c11-9-3-5-10(6-4-9)12-7-8-1-2-8/h3-6,8H,1-2,7H2. The molecule has 0 amide bonds. The van der Waals surface area contributed by atoms with Crippen molar-refractivity contribution in [3.8, 4) is 0 Å². The van der Waals surface area contributed by atoms with Crippen molar-refractivity contribution in [3.05, 3.63) is 29.3 Å². The molecule has 0 nitrogen and oxygen atoms in total. The minimum absolute atomic E-state index is 0.825. The van der Waals surface area contributed by atoms with Crippen LogP contribution in [-0.2, 0) is 0 Å². The zero-order chi connectivity index (χ0) is 8.39. The van der Waals surface area contributed by atoms with Gasteiger partial charge >= 0.3 is 0 Å². The summed E-state index contributed by atoms with van der Waals surface area (Å²) < 4.78 is 0. The summed E-state index contributed by atoms with van der Waals surface area (Å²) in [5, 5.41) is 0.825. The van der Waals surface area contributed by atoms with Crippen LogP contribution in [0.1, 0.15) is 12.8 Å². The molecule has 0 aliphatic heterocycles. The molecule has 0 atom stereocenters. The summed E-state index contributed by atoms with van der Waals surface area (Å²) in [5.41, 5.74) is 0. The number of halogens is 1. The second-order valence-electron chi connectivity index (χ2n) is 3.21. The van der Waals surface area contributed by atoms with Crippen LogP contribution < -0.4 is 0 Å². The summed E-state index contributed by atoms with van der Waals surface area (Å²) in [7, 11) is 0. The van der Waals surface area contributed by atoms with Gasteiger partial charge in [0.25, 0.3) is 0 Å². The maximum Gasteiger partial charge on any atom is 0.0406 e. The maximum absolute atomic E-state index is 5.78. The Morgan fingerprint density at radius 2 is 1.92 bits per heavy atom. The number of benzene rings is 1. The van der Waals surface area contributed by atoms with E-state index >= 15 is 0 Å².